The molecule has 2 heterocycles. The molecule has 1 saturated heterocycles. The Morgan fingerprint density at radius 1 is 1.00 bits per heavy atom. The minimum atomic E-state index is -3.52. The molecular formula is C30H34N3O4PS. The van der Waals surface area contributed by atoms with Crippen molar-refractivity contribution in [2.24, 2.45) is 4.99 Å². The second-order valence-corrected chi connectivity index (χ2v) is 12.5. The van der Waals surface area contributed by atoms with E-state index >= 15 is 0 Å². The number of rotatable bonds is 10. The Morgan fingerprint density at radius 2 is 1.69 bits per heavy atom. The smallest absolute Gasteiger partial charge is 0.361 e. The third kappa shape index (κ3) is 6.32. The van der Waals surface area contributed by atoms with Gasteiger partial charge < -0.3 is 19.1 Å². The van der Waals surface area contributed by atoms with Gasteiger partial charge in [0.1, 0.15) is 0 Å². The Morgan fingerprint density at radius 3 is 2.36 bits per heavy atom. The Balaban J connectivity index is 1.57. The lowest BCUT2D eigenvalue weighted by molar-refractivity contribution is 0.230. The number of H-pyrrole nitrogens is 1. The number of nitrogens with one attached hydrogen (secondary N) is 1. The molecule has 0 atom stereocenters. The van der Waals surface area contributed by atoms with Gasteiger partial charge in [0.05, 0.1) is 35.5 Å². The lowest BCUT2D eigenvalue weighted by atomic mass is 10.0. The molecule has 0 radical (unpaired) electrons. The van der Waals surface area contributed by atoms with E-state index in [2.05, 4.69) is 22.0 Å². The van der Waals surface area contributed by atoms with Gasteiger partial charge in [-0.1, -0.05) is 42.5 Å². The molecule has 9 heteroatoms. The molecule has 0 aliphatic carbocycles. The molecule has 0 spiro atoms. The highest BCUT2D eigenvalue weighted by atomic mass is 32.2. The molecule has 1 aliphatic rings. The van der Waals surface area contributed by atoms with Gasteiger partial charge in [-0.25, -0.2) is 4.99 Å². The fraction of sp³-hybridized carbons (Fsp3) is 0.300. The number of aromatic amines is 1. The van der Waals surface area contributed by atoms with Crippen LogP contribution in [0.1, 0.15) is 30.5 Å². The number of aromatic nitrogens is 1. The van der Waals surface area contributed by atoms with E-state index in [0.717, 1.165) is 30.9 Å². The minimum Gasteiger partial charge on any atom is -0.494 e. The number of aromatic hydroxyl groups is 1. The van der Waals surface area contributed by atoms with Gasteiger partial charge in [-0.05, 0) is 49.7 Å². The molecule has 4 aromatic rings. The number of hydrogen-bond donors (Lipinski definition) is 2. The molecule has 0 bridgehead atoms. The highest BCUT2D eigenvalue weighted by Crippen LogP contribution is 2.47. The first-order chi connectivity index (χ1) is 19.0. The van der Waals surface area contributed by atoms with Crippen LogP contribution < -0.4 is 5.30 Å². The summed E-state index contributed by atoms with van der Waals surface area (Å²) in [6.45, 7) is 7.24. The molecule has 39 heavy (non-hydrogen) atoms. The molecule has 7 nitrogen and oxygen atoms in total. The first kappa shape index (κ1) is 27.7. The Bertz CT molecular complexity index is 1470. The van der Waals surface area contributed by atoms with Crippen molar-refractivity contribution in [3.05, 3.63) is 89.5 Å². The average molecular weight is 564 g/mol. The van der Waals surface area contributed by atoms with Crippen molar-refractivity contribution in [1.29, 1.82) is 0 Å². The number of benzene rings is 3. The van der Waals surface area contributed by atoms with E-state index in [0.29, 0.717) is 27.5 Å². The van der Waals surface area contributed by atoms with Gasteiger partial charge in [0.25, 0.3) is 0 Å². The van der Waals surface area contributed by atoms with Crippen LogP contribution in [0.4, 0.5) is 5.69 Å². The van der Waals surface area contributed by atoms with Gasteiger partial charge >= 0.3 is 7.60 Å². The van der Waals surface area contributed by atoms with Crippen LogP contribution in [0.25, 0.3) is 10.9 Å². The van der Waals surface area contributed by atoms with Crippen LogP contribution in [0.3, 0.4) is 0 Å². The lowest BCUT2D eigenvalue weighted by Crippen LogP contribution is -2.31. The second-order valence-electron chi connectivity index (χ2n) is 9.29. The summed E-state index contributed by atoms with van der Waals surface area (Å²) in [6.07, 6.45) is 0. The van der Waals surface area contributed by atoms with Crippen LogP contribution in [0.5, 0.6) is 5.88 Å². The molecule has 1 aliphatic heterocycles. The molecule has 204 valence electrons. The summed E-state index contributed by atoms with van der Waals surface area (Å²) in [7, 11) is -3.52. The maximum Gasteiger partial charge on any atom is 0.361 e. The maximum absolute atomic E-state index is 13.5. The molecule has 1 fully saturated rings. The zero-order valence-corrected chi connectivity index (χ0v) is 24.0. The standard InChI is InChI=1S/C30H34N3O4PS/c1-3-36-38(35,37-4-2)25-14-15-27-26(20-25)28(30(34)32-27)29(23-8-6-5-7-9-23)31-24-12-10-22(11-13-24)21-33-16-18-39-19-17-33/h5-15,20,32,34H,3-4,16-19,21H2,1-2H3. The molecule has 1 aromatic heterocycles. The van der Waals surface area contributed by atoms with Crippen molar-refractivity contribution in [2.45, 2.75) is 20.4 Å². The van der Waals surface area contributed by atoms with Gasteiger partial charge in [-0.15, -0.1) is 0 Å². The Hall–Kier alpha value is -2.87. The number of nitrogens with zero attached hydrogens (tertiary/aromatic N) is 2. The third-order valence-electron chi connectivity index (χ3n) is 6.65. The Labute approximate surface area is 233 Å². The summed E-state index contributed by atoms with van der Waals surface area (Å²) >= 11 is 2.01. The van der Waals surface area contributed by atoms with E-state index in [4.69, 9.17) is 14.0 Å². The minimum absolute atomic E-state index is 0.00741. The van der Waals surface area contributed by atoms with Crippen LogP contribution >= 0.6 is 19.4 Å². The summed E-state index contributed by atoms with van der Waals surface area (Å²) in [6, 6.07) is 23.3. The number of hydrogen-bond acceptors (Lipinski definition) is 7. The van der Waals surface area contributed by atoms with Crippen molar-refractivity contribution in [3.8, 4) is 5.88 Å². The predicted molar refractivity (Wildman–Crippen MR) is 161 cm³/mol. The lowest BCUT2D eigenvalue weighted by Gasteiger charge is -2.26. The predicted octanol–water partition coefficient (Wildman–Crippen LogP) is 6.48. The second kappa shape index (κ2) is 12.5. The largest absolute Gasteiger partial charge is 0.494 e. The van der Waals surface area contributed by atoms with Crippen molar-refractivity contribution in [3.63, 3.8) is 0 Å². The molecule has 2 N–H and O–H groups in total. The highest BCUT2D eigenvalue weighted by Gasteiger charge is 2.28. The molecule has 3 aromatic carbocycles. The van der Waals surface area contributed by atoms with Gasteiger partial charge in [0.15, 0.2) is 5.88 Å². The van der Waals surface area contributed by atoms with Gasteiger partial charge in [0, 0.05) is 47.6 Å². The highest BCUT2D eigenvalue weighted by molar-refractivity contribution is 7.99. The van der Waals surface area contributed by atoms with Crippen LogP contribution in [0.15, 0.2) is 77.8 Å². The third-order valence-corrected chi connectivity index (χ3v) is 9.70. The Kier molecular flexibility index (Phi) is 8.90. The van der Waals surface area contributed by atoms with Crippen LogP contribution in [-0.4, -0.2) is 58.5 Å². The van der Waals surface area contributed by atoms with Crippen molar-refractivity contribution >= 4 is 47.0 Å². The fourth-order valence-electron chi connectivity index (χ4n) is 4.79. The molecular weight excluding hydrogens is 529 g/mol. The average Bonchev–Trinajstić information content (AvgIpc) is 3.28. The van der Waals surface area contributed by atoms with E-state index < -0.39 is 7.60 Å². The molecule has 0 amide bonds. The quantitative estimate of drug-likeness (QED) is 0.170. The summed E-state index contributed by atoms with van der Waals surface area (Å²) in [4.78, 5) is 10.6. The van der Waals surface area contributed by atoms with Gasteiger partial charge in [0.2, 0.25) is 0 Å². The van der Waals surface area contributed by atoms with Crippen LogP contribution in [0.2, 0.25) is 0 Å². The summed E-state index contributed by atoms with van der Waals surface area (Å²) in [5.74, 6) is 2.36. The fourth-order valence-corrected chi connectivity index (χ4v) is 7.36. The van der Waals surface area contributed by atoms with Crippen LogP contribution in [0, 0.1) is 0 Å². The molecule has 0 unspecified atom stereocenters. The summed E-state index contributed by atoms with van der Waals surface area (Å²) in [5.41, 5.74) is 4.74. The van der Waals surface area contributed by atoms with Gasteiger partial charge in [-0.3, -0.25) is 9.46 Å². The van der Waals surface area contributed by atoms with Crippen LogP contribution in [-0.2, 0) is 20.2 Å². The zero-order chi connectivity index (χ0) is 27.2. The van der Waals surface area contributed by atoms with Crippen molar-refractivity contribution < 1.29 is 18.7 Å². The van der Waals surface area contributed by atoms with E-state index in [9.17, 15) is 9.67 Å². The monoisotopic (exact) mass is 563 g/mol. The molecule has 5 rings (SSSR count). The number of thioether (sulfide) groups is 1. The van der Waals surface area contributed by atoms with E-state index in [1.54, 1.807) is 32.0 Å². The van der Waals surface area contributed by atoms with Crippen molar-refractivity contribution in [2.75, 3.05) is 37.8 Å². The normalized spacial score (nSPS) is 15.2. The van der Waals surface area contributed by atoms with E-state index in [1.807, 2.05) is 54.2 Å². The van der Waals surface area contributed by atoms with E-state index in [1.165, 1.54) is 17.1 Å². The van der Waals surface area contributed by atoms with Crippen molar-refractivity contribution in [1.82, 2.24) is 9.88 Å². The number of aliphatic imine (C=N–C) groups is 1. The maximum atomic E-state index is 13.5. The zero-order valence-electron chi connectivity index (χ0n) is 22.3. The van der Waals surface area contributed by atoms with E-state index in [-0.39, 0.29) is 19.1 Å². The summed E-state index contributed by atoms with van der Waals surface area (Å²) in [5, 5.41) is 12.2. The SMILES string of the molecule is CCOP(=O)(OCC)c1ccc2[nH]c(O)c(C(=Nc3ccc(CN4CCSCC4)cc3)c3ccccc3)c2c1. The molecule has 0 saturated carbocycles. The summed E-state index contributed by atoms with van der Waals surface area (Å²) < 4.78 is 24.7. The number of fused-ring (bicyclic) bond motifs is 1. The van der Waals surface area contributed by atoms with Gasteiger partial charge in [-0.2, -0.15) is 11.8 Å². The first-order valence-corrected chi connectivity index (χ1v) is 16.0. The topological polar surface area (TPSA) is 87.1 Å². The first-order valence-electron chi connectivity index (χ1n) is 13.3.